The minimum Gasteiger partial charge on any atom is -0.465 e. The summed E-state index contributed by atoms with van der Waals surface area (Å²) in [6.07, 6.45) is -0.791. The molecule has 0 radical (unpaired) electrons. The number of carboxylic acid groups (broad SMARTS) is 1. The fourth-order valence-electron chi connectivity index (χ4n) is 3.30. The van der Waals surface area contributed by atoms with E-state index in [2.05, 4.69) is 29.2 Å². The summed E-state index contributed by atoms with van der Waals surface area (Å²) in [7, 11) is 0. The normalized spacial score (nSPS) is 22.2. The van der Waals surface area contributed by atoms with Crippen molar-refractivity contribution < 1.29 is 9.90 Å². The van der Waals surface area contributed by atoms with E-state index in [9.17, 15) is 4.79 Å². The lowest BCUT2D eigenvalue weighted by Crippen LogP contribution is -2.72. The van der Waals surface area contributed by atoms with Crippen LogP contribution in [0.5, 0.6) is 0 Å². The second-order valence-corrected chi connectivity index (χ2v) is 6.31. The van der Waals surface area contributed by atoms with Crippen LogP contribution in [0.4, 0.5) is 4.79 Å². The second kappa shape index (κ2) is 4.75. The first kappa shape index (κ1) is 13.4. The summed E-state index contributed by atoms with van der Waals surface area (Å²) in [5.74, 6) is 0. The van der Waals surface area contributed by atoms with E-state index in [1.807, 2.05) is 6.92 Å². The Hall–Kier alpha value is -1.59. The summed E-state index contributed by atoms with van der Waals surface area (Å²) in [4.78, 5) is 14.6. The predicted molar refractivity (Wildman–Crippen MR) is 76.4 cm³/mol. The van der Waals surface area contributed by atoms with Gasteiger partial charge in [-0.25, -0.2) is 4.79 Å². The maximum absolute atomic E-state index is 10.8. The molecule has 1 spiro atoms. The third kappa shape index (κ3) is 2.39. The van der Waals surface area contributed by atoms with Crippen molar-refractivity contribution in [2.24, 2.45) is 11.1 Å². The van der Waals surface area contributed by atoms with Gasteiger partial charge in [-0.1, -0.05) is 24.3 Å². The Bertz CT molecular complexity index is 498. The van der Waals surface area contributed by atoms with Crippen molar-refractivity contribution in [2.75, 3.05) is 26.2 Å². The first-order chi connectivity index (χ1) is 9.47. The number of likely N-dealkylation sites (tertiary alicyclic amines) is 2. The average molecular weight is 275 g/mol. The molecule has 0 saturated carbocycles. The molecule has 2 heterocycles. The third-order valence-electron chi connectivity index (χ3n) is 4.35. The van der Waals surface area contributed by atoms with E-state index in [4.69, 9.17) is 10.8 Å². The third-order valence-corrected chi connectivity index (χ3v) is 4.35. The number of hydrogen-bond donors (Lipinski definition) is 2. The van der Waals surface area contributed by atoms with Gasteiger partial charge < -0.3 is 15.7 Å². The van der Waals surface area contributed by atoms with Gasteiger partial charge in [-0.05, 0) is 18.1 Å². The number of hydrogen-bond acceptors (Lipinski definition) is 3. The van der Waals surface area contributed by atoms with Crippen LogP contribution in [0, 0.1) is 5.41 Å². The molecule has 2 saturated heterocycles. The fraction of sp³-hybridized carbons (Fsp3) is 0.533. The van der Waals surface area contributed by atoms with Crippen LogP contribution in [0.1, 0.15) is 24.1 Å². The zero-order valence-corrected chi connectivity index (χ0v) is 11.7. The summed E-state index contributed by atoms with van der Waals surface area (Å²) in [6.45, 7) is 6.33. The van der Waals surface area contributed by atoms with Crippen molar-refractivity contribution in [3.63, 3.8) is 0 Å². The SMILES string of the molecule is C[C@H](N)c1ccc(CN2CC3(C2)CN(C(=O)O)C3)cc1. The average Bonchev–Trinajstić information content (AvgIpc) is 2.30. The molecular formula is C15H21N3O2. The van der Waals surface area contributed by atoms with Gasteiger partial charge in [-0.2, -0.15) is 0 Å². The molecule has 3 rings (SSSR count). The highest BCUT2D eigenvalue weighted by Crippen LogP contribution is 2.40. The van der Waals surface area contributed by atoms with Gasteiger partial charge in [0.25, 0.3) is 0 Å². The number of amides is 1. The molecule has 2 fully saturated rings. The predicted octanol–water partition coefficient (Wildman–Crippen LogP) is 1.50. The van der Waals surface area contributed by atoms with Crippen LogP contribution < -0.4 is 5.73 Å². The van der Waals surface area contributed by atoms with Crippen molar-refractivity contribution >= 4 is 6.09 Å². The first-order valence-electron chi connectivity index (χ1n) is 7.02. The number of carbonyl (C=O) groups is 1. The quantitative estimate of drug-likeness (QED) is 0.877. The zero-order chi connectivity index (χ0) is 14.3. The summed E-state index contributed by atoms with van der Waals surface area (Å²) in [5.41, 5.74) is 8.53. The van der Waals surface area contributed by atoms with Gasteiger partial charge >= 0.3 is 6.09 Å². The van der Waals surface area contributed by atoms with E-state index < -0.39 is 6.09 Å². The van der Waals surface area contributed by atoms with E-state index >= 15 is 0 Å². The molecule has 2 aliphatic heterocycles. The summed E-state index contributed by atoms with van der Waals surface area (Å²) in [5, 5.41) is 8.86. The van der Waals surface area contributed by atoms with Gasteiger partial charge in [0.15, 0.2) is 0 Å². The molecule has 108 valence electrons. The number of nitrogens with zero attached hydrogens (tertiary/aromatic N) is 2. The molecule has 5 nitrogen and oxygen atoms in total. The van der Waals surface area contributed by atoms with Gasteiger partial charge in [0.05, 0.1) is 0 Å². The van der Waals surface area contributed by atoms with Gasteiger partial charge in [-0.15, -0.1) is 0 Å². The molecule has 1 aromatic rings. The summed E-state index contributed by atoms with van der Waals surface area (Å²) in [6, 6.07) is 8.52. The molecule has 3 N–H and O–H groups in total. The van der Waals surface area contributed by atoms with Crippen LogP contribution in [0.25, 0.3) is 0 Å². The van der Waals surface area contributed by atoms with Crippen LogP contribution in [-0.4, -0.2) is 47.2 Å². The highest BCUT2D eigenvalue weighted by molar-refractivity contribution is 5.66. The Balaban J connectivity index is 1.48. The lowest BCUT2D eigenvalue weighted by atomic mass is 9.73. The van der Waals surface area contributed by atoms with Crippen LogP contribution >= 0.6 is 0 Å². The molecular weight excluding hydrogens is 254 g/mol. The molecule has 1 amide bonds. The van der Waals surface area contributed by atoms with Gasteiger partial charge in [0.1, 0.15) is 0 Å². The monoisotopic (exact) mass is 275 g/mol. The largest absolute Gasteiger partial charge is 0.465 e. The molecule has 0 bridgehead atoms. The molecule has 1 atom stereocenters. The van der Waals surface area contributed by atoms with Crippen molar-refractivity contribution in [2.45, 2.75) is 19.5 Å². The van der Waals surface area contributed by atoms with E-state index in [0.717, 1.165) is 25.2 Å². The van der Waals surface area contributed by atoms with E-state index in [0.29, 0.717) is 13.1 Å². The molecule has 20 heavy (non-hydrogen) atoms. The number of rotatable bonds is 3. The molecule has 1 aromatic carbocycles. The maximum atomic E-state index is 10.8. The first-order valence-corrected chi connectivity index (χ1v) is 7.02. The topological polar surface area (TPSA) is 69.8 Å². The highest BCUT2D eigenvalue weighted by atomic mass is 16.4. The summed E-state index contributed by atoms with van der Waals surface area (Å²) < 4.78 is 0. The Morgan fingerprint density at radius 2 is 1.90 bits per heavy atom. The molecule has 0 unspecified atom stereocenters. The Kier molecular flexibility index (Phi) is 3.18. The van der Waals surface area contributed by atoms with Crippen molar-refractivity contribution in [3.8, 4) is 0 Å². The molecule has 0 aliphatic carbocycles. The van der Waals surface area contributed by atoms with Crippen LogP contribution in [-0.2, 0) is 6.54 Å². The van der Waals surface area contributed by atoms with Crippen molar-refractivity contribution in [3.05, 3.63) is 35.4 Å². The zero-order valence-electron chi connectivity index (χ0n) is 11.7. The second-order valence-electron chi connectivity index (χ2n) is 6.31. The minimum absolute atomic E-state index is 0.0771. The minimum atomic E-state index is -0.791. The Morgan fingerprint density at radius 3 is 2.40 bits per heavy atom. The standard InChI is InChI=1S/C15H21N3O2/c1-11(16)13-4-2-12(3-5-13)6-17-7-15(8-17)9-18(10-15)14(19)20/h2-5,11H,6-10,16H2,1H3,(H,19,20)/t11-/m0/s1. The Morgan fingerprint density at radius 1 is 1.30 bits per heavy atom. The lowest BCUT2D eigenvalue weighted by molar-refractivity contribution is -0.105. The van der Waals surface area contributed by atoms with E-state index in [1.165, 1.54) is 10.5 Å². The van der Waals surface area contributed by atoms with Crippen molar-refractivity contribution in [1.29, 1.82) is 0 Å². The smallest absolute Gasteiger partial charge is 0.407 e. The van der Waals surface area contributed by atoms with Crippen LogP contribution in [0.2, 0.25) is 0 Å². The maximum Gasteiger partial charge on any atom is 0.407 e. The van der Waals surface area contributed by atoms with Gasteiger partial charge in [0.2, 0.25) is 0 Å². The molecule has 0 aromatic heterocycles. The van der Waals surface area contributed by atoms with Crippen LogP contribution in [0.15, 0.2) is 24.3 Å². The Labute approximate surface area is 119 Å². The highest BCUT2D eigenvalue weighted by Gasteiger charge is 2.52. The van der Waals surface area contributed by atoms with Crippen molar-refractivity contribution in [1.82, 2.24) is 9.80 Å². The summed E-state index contributed by atoms with van der Waals surface area (Å²) >= 11 is 0. The van der Waals surface area contributed by atoms with Gasteiger partial charge in [-0.3, -0.25) is 4.90 Å². The van der Waals surface area contributed by atoms with Crippen LogP contribution in [0.3, 0.4) is 0 Å². The number of nitrogens with two attached hydrogens (primary N) is 1. The fourth-order valence-corrected chi connectivity index (χ4v) is 3.30. The van der Waals surface area contributed by atoms with E-state index in [-0.39, 0.29) is 11.5 Å². The molecule has 5 heteroatoms. The number of benzene rings is 1. The van der Waals surface area contributed by atoms with Gasteiger partial charge in [0, 0.05) is 44.2 Å². The molecule has 2 aliphatic rings. The van der Waals surface area contributed by atoms with E-state index in [1.54, 1.807) is 0 Å². The lowest BCUT2D eigenvalue weighted by Gasteiger charge is -2.59.